The second-order valence-corrected chi connectivity index (χ2v) is 10.0. The molecule has 1 fully saturated rings. The number of amides is 1. The molecule has 0 saturated carbocycles. The lowest BCUT2D eigenvalue weighted by molar-refractivity contribution is -0.126. The third kappa shape index (κ3) is 5.58. The summed E-state index contributed by atoms with van der Waals surface area (Å²) in [6.45, 7) is 3.11. The highest BCUT2D eigenvalue weighted by Crippen LogP contribution is 2.28. The molecule has 32 heavy (non-hydrogen) atoms. The van der Waals surface area contributed by atoms with E-state index < -0.39 is 10.0 Å². The van der Waals surface area contributed by atoms with Gasteiger partial charge >= 0.3 is 0 Å². The number of carbonyl (C=O) groups is 1. The van der Waals surface area contributed by atoms with Crippen LogP contribution < -0.4 is 4.74 Å². The molecule has 2 aromatic carbocycles. The lowest BCUT2D eigenvalue weighted by Crippen LogP contribution is -2.31. The number of rotatable bonds is 7. The van der Waals surface area contributed by atoms with Crippen molar-refractivity contribution in [1.29, 1.82) is 0 Å². The van der Waals surface area contributed by atoms with Crippen LogP contribution in [0.3, 0.4) is 0 Å². The summed E-state index contributed by atoms with van der Waals surface area (Å²) in [5.41, 5.74) is 1.70. The maximum Gasteiger partial charge on any atom is 0.246 e. The molecule has 0 bridgehead atoms. The topological polar surface area (TPSA) is 66.9 Å². The largest absolute Gasteiger partial charge is 0.496 e. The number of carbonyl (C=O) groups excluding carboxylic acids is 1. The van der Waals surface area contributed by atoms with Crippen LogP contribution in [-0.4, -0.2) is 50.8 Å². The van der Waals surface area contributed by atoms with Gasteiger partial charge < -0.3 is 9.64 Å². The van der Waals surface area contributed by atoms with Gasteiger partial charge in [0.05, 0.1) is 18.0 Å². The fraction of sp³-hybridized carbons (Fsp3) is 0.400. The van der Waals surface area contributed by atoms with E-state index in [1.54, 1.807) is 53.7 Å². The molecule has 0 spiro atoms. The molecule has 1 amide bonds. The molecule has 6 nitrogen and oxygen atoms in total. The SMILES string of the molecule is COc1ccccc1C(C)N(C)C(=O)/C=C/c1ccc(S(=O)(=O)N2CCCCCC2)cc1. The number of sulfonamides is 1. The lowest BCUT2D eigenvalue weighted by atomic mass is 10.1. The zero-order valence-electron chi connectivity index (χ0n) is 19.0. The summed E-state index contributed by atoms with van der Waals surface area (Å²) in [6, 6.07) is 14.2. The van der Waals surface area contributed by atoms with E-state index in [0.717, 1.165) is 42.6 Å². The summed E-state index contributed by atoms with van der Waals surface area (Å²) in [4.78, 5) is 14.6. The number of nitrogens with zero attached hydrogens (tertiary/aromatic N) is 2. The Bertz CT molecular complexity index is 1040. The van der Waals surface area contributed by atoms with Crippen molar-refractivity contribution in [3.8, 4) is 5.75 Å². The third-order valence-electron chi connectivity index (χ3n) is 6.02. The van der Waals surface area contributed by atoms with E-state index in [2.05, 4.69) is 0 Å². The van der Waals surface area contributed by atoms with Crippen molar-refractivity contribution < 1.29 is 17.9 Å². The number of hydrogen-bond donors (Lipinski definition) is 0. The zero-order chi connectivity index (χ0) is 23.1. The summed E-state index contributed by atoms with van der Waals surface area (Å²) in [5.74, 6) is 0.592. The Labute approximate surface area is 191 Å². The quantitative estimate of drug-likeness (QED) is 0.576. The van der Waals surface area contributed by atoms with Gasteiger partial charge in [0.25, 0.3) is 0 Å². The van der Waals surface area contributed by atoms with E-state index in [0.29, 0.717) is 18.0 Å². The molecule has 1 aliphatic rings. The van der Waals surface area contributed by atoms with Crippen LogP contribution in [0, 0.1) is 0 Å². The molecule has 172 valence electrons. The van der Waals surface area contributed by atoms with E-state index in [4.69, 9.17) is 4.74 Å². The Hall–Kier alpha value is -2.64. The molecular weight excluding hydrogens is 424 g/mol. The number of para-hydroxylation sites is 1. The normalized spacial score (nSPS) is 16.5. The predicted octanol–water partition coefficient (Wildman–Crippen LogP) is 4.49. The first-order valence-corrected chi connectivity index (χ1v) is 12.5. The van der Waals surface area contributed by atoms with E-state index >= 15 is 0 Å². The van der Waals surface area contributed by atoms with Gasteiger partial charge in [-0.3, -0.25) is 4.79 Å². The van der Waals surface area contributed by atoms with Gasteiger partial charge in [0.1, 0.15) is 5.75 Å². The average molecular weight is 457 g/mol. The molecule has 1 heterocycles. The van der Waals surface area contributed by atoms with Crippen LogP contribution in [0.25, 0.3) is 6.08 Å². The van der Waals surface area contributed by atoms with Crippen molar-refractivity contribution in [2.75, 3.05) is 27.2 Å². The minimum atomic E-state index is -3.47. The van der Waals surface area contributed by atoms with Crippen molar-refractivity contribution in [3.05, 3.63) is 65.7 Å². The number of likely N-dealkylation sites (N-methyl/N-ethyl adjacent to an activating group) is 1. The minimum Gasteiger partial charge on any atom is -0.496 e. The first-order chi connectivity index (χ1) is 15.3. The molecule has 1 saturated heterocycles. The summed E-state index contributed by atoms with van der Waals surface area (Å²) in [6.07, 6.45) is 7.17. The standard InChI is InChI=1S/C25H32N2O4S/c1-20(23-10-6-7-11-24(23)31-3)26(2)25(28)17-14-21-12-15-22(16-13-21)32(29,30)27-18-8-4-5-9-19-27/h6-7,10-17,20H,4-5,8-9,18-19H2,1-3H3/b17-14+. The van der Waals surface area contributed by atoms with Crippen molar-refractivity contribution in [1.82, 2.24) is 9.21 Å². The van der Waals surface area contributed by atoms with Crippen molar-refractivity contribution in [2.24, 2.45) is 0 Å². The van der Waals surface area contributed by atoms with Gasteiger partial charge in [-0.2, -0.15) is 4.31 Å². The third-order valence-corrected chi connectivity index (χ3v) is 7.93. The maximum atomic E-state index is 12.9. The van der Waals surface area contributed by atoms with Crippen LogP contribution in [0.1, 0.15) is 49.8 Å². The number of benzene rings is 2. The molecule has 3 rings (SSSR count). The molecular formula is C25H32N2O4S. The van der Waals surface area contributed by atoms with Crippen LogP contribution in [0.4, 0.5) is 0 Å². The lowest BCUT2D eigenvalue weighted by Gasteiger charge is -2.25. The van der Waals surface area contributed by atoms with Crippen LogP contribution in [0.2, 0.25) is 0 Å². The molecule has 0 aliphatic carbocycles. The Morgan fingerprint density at radius 3 is 2.28 bits per heavy atom. The number of ether oxygens (including phenoxy) is 1. The van der Waals surface area contributed by atoms with E-state index in [-0.39, 0.29) is 11.9 Å². The van der Waals surface area contributed by atoms with Crippen molar-refractivity contribution >= 4 is 22.0 Å². The number of methoxy groups -OCH3 is 1. The van der Waals surface area contributed by atoms with Gasteiger partial charge in [-0.1, -0.05) is 43.2 Å². The maximum absolute atomic E-state index is 12.9. The van der Waals surface area contributed by atoms with Crippen LogP contribution in [-0.2, 0) is 14.8 Å². The highest BCUT2D eigenvalue weighted by Gasteiger charge is 2.25. The molecule has 0 radical (unpaired) electrons. The van der Waals surface area contributed by atoms with Crippen molar-refractivity contribution in [2.45, 2.75) is 43.5 Å². The van der Waals surface area contributed by atoms with Gasteiger partial charge in [-0.05, 0) is 49.6 Å². The van der Waals surface area contributed by atoms with Crippen LogP contribution in [0.15, 0.2) is 59.5 Å². The second kappa shape index (κ2) is 10.8. The molecule has 1 atom stereocenters. The second-order valence-electron chi connectivity index (χ2n) is 8.09. The first kappa shape index (κ1) is 24.0. The molecule has 7 heteroatoms. The smallest absolute Gasteiger partial charge is 0.246 e. The van der Waals surface area contributed by atoms with Gasteiger partial charge in [0.15, 0.2) is 0 Å². The summed E-state index contributed by atoms with van der Waals surface area (Å²) < 4.78 is 32.8. The minimum absolute atomic E-state index is 0.148. The van der Waals surface area contributed by atoms with Crippen LogP contribution >= 0.6 is 0 Å². The van der Waals surface area contributed by atoms with Crippen molar-refractivity contribution in [3.63, 3.8) is 0 Å². The molecule has 2 aromatic rings. The highest BCUT2D eigenvalue weighted by atomic mass is 32.2. The Kier molecular flexibility index (Phi) is 8.10. The Balaban J connectivity index is 1.68. The predicted molar refractivity (Wildman–Crippen MR) is 127 cm³/mol. The summed E-state index contributed by atoms with van der Waals surface area (Å²) >= 11 is 0. The van der Waals surface area contributed by atoms with Gasteiger partial charge in [0.2, 0.25) is 15.9 Å². The Morgan fingerprint density at radius 1 is 1.03 bits per heavy atom. The highest BCUT2D eigenvalue weighted by molar-refractivity contribution is 7.89. The molecule has 0 aromatic heterocycles. The summed E-state index contributed by atoms with van der Waals surface area (Å²) in [5, 5.41) is 0. The molecule has 0 N–H and O–H groups in total. The van der Waals surface area contributed by atoms with E-state index in [1.807, 2.05) is 31.2 Å². The fourth-order valence-corrected chi connectivity index (χ4v) is 5.40. The van der Waals surface area contributed by atoms with Crippen LogP contribution in [0.5, 0.6) is 5.75 Å². The Morgan fingerprint density at radius 2 is 1.66 bits per heavy atom. The molecule has 1 unspecified atom stereocenters. The first-order valence-electron chi connectivity index (χ1n) is 11.0. The van der Waals surface area contributed by atoms with Gasteiger partial charge in [0, 0.05) is 31.8 Å². The number of hydrogen-bond acceptors (Lipinski definition) is 4. The zero-order valence-corrected chi connectivity index (χ0v) is 19.8. The fourth-order valence-electron chi connectivity index (χ4n) is 3.88. The summed E-state index contributed by atoms with van der Waals surface area (Å²) in [7, 11) is -0.107. The van der Waals surface area contributed by atoms with Gasteiger partial charge in [-0.25, -0.2) is 8.42 Å². The van der Waals surface area contributed by atoms with Gasteiger partial charge in [-0.15, -0.1) is 0 Å². The van der Waals surface area contributed by atoms with E-state index in [9.17, 15) is 13.2 Å². The average Bonchev–Trinajstić information content (AvgIpc) is 3.12. The monoisotopic (exact) mass is 456 g/mol. The molecule has 1 aliphatic heterocycles. The van der Waals surface area contributed by atoms with E-state index in [1.165, 1.54) is 6.08 Å².